The van der Waals surface area contributed by atoms with Crippen LogP contribution in [0.4, 0.5) is 0 Å². The molecular formula is C21H33N3O2. The average molecular weight is 360 g/mol. The molecule has 0 aliphatic carbocycles. The normalized spacial score (nSPS) is 23.6. The van der Waals surface area contributed by atoms with Gasteiger partial charge >= 0.3 is 0 Å². The van der Waals surface area contributed by atoms with Crippen LogP contribution in [0.1, 0.15) is 31.7 Å². The van der Waals surface area contributed by atoms with Crippen LogP contribution in [0.15, 0.2) is 35.3 Å². The van der Waals surface area contributed by atoms with E-state index in [0.29, 0.717) is 31.8 Å². The molecular weight excluding hydrogens is 326 g/mol. The smallest absolute Gasteiger partial charge is 0.194 e. The highest BCUT2D eigenvalue weighted by atomic mass is 16.5. The van der Waals surface area contributed by atoms with Crippen molar-refractivity contribution >= 4 is 5.96 Å². The van der Waals surface area contributed by atoms with Crippen LogP contribution in [-0.2, 0) is 15.9 Å². The second-order valence-corrected chi connectivity index (χ2v) is 7.24. The van der Waals surface area contributed by atoms with E-state index in [0.717, 1.165) is 51.5 Å². The molecule has 5 nitrogen and oxygen atoms in total. The van der Waals surface area contributed by atoms with E-state index in [-0.39, 0.29) is 0 Å². The molecule has 0 aromatic heterocycles. The van der Waals surface area contributed by atoms with Gasteiger partial charge in [-0.1, -0.05) is 30.3 Å². The Labute approximate surface area is 157 Å². The van der Waals surface area contributed by atoms with Crippen LogP contribution >= 0.6 is 0 Å². The molecule has 2 saturated heterocycles. The third-order valence-electron chi connectivity index (χ3n) is 5.11. The number of nitrogens with one attached hydrogen (secondary N) is 1. The lowest BCUT2D eigenvalue weighted by atomic mass is 9.99. The summed E-state index contributed by atoms with van der Waals surface area (Å²) in [6.45, 7) is 8.14. The second kappa shape index (κ2) is 10.5. The Kier molecular flexibility index (Phi) is 7.77. The van der Waals surface area contributed by atoms with Gasteiger partial charge in [-0.15, -0.1) is 0 Å². The summed E-state index contributed by atoms with van der Waals surface area (Å²) in [5, 5.41) is 3.44. The minimum Gasteiger partial charge on any atom is -0.377 e. The van der Waals surface area contributed by atoms with E-state index in [2.05, 4.69) is 47.5 Å². The maximum absolute atomic E-state index is 5.73. The second-order valence-electron chi connectivity index (χ2n) is 7.24. The summed E-state index contributed by atoms with van der Waals surface area (Å²) >= 11 is 0. The summed E-state index contributed by atoms with van der Waals surface area (Å²) in [5.41, 5.74) is 1.43. The summed E-state index contributed by atoms with van der Waals surface area (Å²) in [6.07, 6.45) is 4.97. The van der Waals surface area contributed by atoms with Crippen molar-refractivity contribution in [3.63, 3.8) is 0 Å². The van der Waals surface area contributed by atoms with E-state index in [9.17, 15) is 0 Å². The molecule has 0 saturated carbocycles. The van der Waals surface area contributed by atoms with Gasteiger partial charge in [0, 0.05) is 26.2 Å². The summed E-state index contributed by atoms with van der Waals surface area (Å²) in [4.78, 5) is 7.17. The number of likely N-dealkylation sites (tertiary alicyclic amines) is 1. The molecule has 1 aromatic carbocycles. The molecule has 2 atom stereocenters. The van der Waals surface area contributed by atoms with E-state index in [4.69, 9.17) is 14.5 Å². The van der Waals surface area contributed by atoms with Crippen molar-refractivity contribution in [1.82, 2.24) is 10.2 Å². The highest BCUT2D eigenvalue weighted by Crippen LogP contribution is 2.21. The van der Waals surface area contributed by atoms with Gasteiger partial charge in [0.05, 0.1) is 25.9 Å². The third kappa shape index (κ3) is 5.99. The maximum Gasteiger partial charge on any atom is 0.194 e. The number of nitrogens with zero attached hydrogens (tertiary/aromatic N) is 2. The Hall–Kier alpha value is -1.59. The lowest BCUT2D eigenvalue weighted by molar-refractivity contribution is 0.0199. The standard InChI is InChI=1S/C21H33N3O2/c1-2-22-21(23-11-14-25-17-20-9-6-13-26-20)24-12-10-19(16-24)15-18-7-4-3-5-8-18/h3-5,7-8,19-20H,2,6,9-17H2,1H3,(H,22,23). The van der Waals surface area contributed by atoms with E-state index in [1.807, 2.05) is 0 Å². The van der Waals surface area contributed by atoms with Gasteiger partial charge in [-0.3, -0.25) is 4.99 Å². The highest BCUT2D eigenvalue weighted by Gasteiger charge is 2.24. The van der Waals surface area contributed by atoms with Gasteiger partial charge in [0.15, 0.2) is 5.96 Å². The van der Waals surface area contributed by atoms with Crippen LogP contribution in [0.3, 0.4) is 0 Å². The number of rotatable bonds is 8. The van der Waals surface area contributed by atoms with Gasteiger partial charge in [-0.25, -0.2) is 0 Å². The zero-order valence-electron chi connectivity index (χ0n) is 16.0. The van der Waals surface area contributed by atoms with Crippen molar-refractivity contribution in [2.24, 2.45) is 10.9 Å². The van der Waals surface area contributed by atoms with Crippen LogP contribution in [-0.4, -0.2) is 63.0 Å². The SMILES string of the molecule is CCNC(=NCCOCC1CCCO1)N1CCC(Cc2ccccc2)C1. The molecule has 1 aromatic rings. The Morgan fingerprint density at radius 2 is 2.19 bits per heavy atom. The fraction of sp³-hybridized carbons (Fsp3) is 0.667. The lowest BCUT2D eigenvalue weighted by Crippen LogP contribution is -2.40. The van der Waals surface area contributed by atoms with Crippen molar-refractivity contribution < 1.29 is 9.47 Å². The van der Waals surface area contributed by atoms with Crippen LogP contribution in [0, 0.1) is 5.92 Å². The van der Waals surface area contributed by atoms with Crippen LogP contribution in [0.2, 0.25) is 0 Å². The number of guanidine groups is 1. The van der Waals surface area contributed by atoms with E-state index >= 15 is 0 Å². The maximum atomic E-state index is 5.73. The predicted octanol–water partition coefficient (Wildman–Crippen LogP) is 2.71. The first-order valence-corrected chi connectivity index (χ1v) is 10.1. The van der Waals surface area contributed by atoms with Crippen molar-refractivity contribution in [2.75, 3.05) is 46.0 Å². The van der Waals surface area contributed by atoms with Crippen molar-refractivity contribution in [1.29, 1.82) is 0 Å². The van der Waals surface area contributed by atoms with Gasteiger partial charge in [0.2, 0.25) is 0 Å². The zero-order valence-corrected chi connectivity index (χ0v) is 16.0. The summed E-state index contributed by atoms with van der Waals surface area (Å²) in [5.74, 6) is 1.74. The molecule has 5 heteroatoms. The van der Waals surface area contributed by atoms with Crippen molar-refractivity contribution in [2.45, 2.75) is 38.7 Å². The van der Waals surface area contributed by atoms with Crippen molar-refractivity contribution in [3.8, 4) is 0 Å². The number of aliphatic imine (C=N–C) groups is 1. The molecule has 3 rings (SSSR count). The summed E-state index contributed by atoms with van der Waals surface area (Å²) in [6, 6.07) is 10.8. The van der Waals surface area contributed by atoms with Gasteiger partial charge in [-0.05, 0) is 44.1 Å². The van der Waals surface area contributed by atoms with Crippen LogP contribution in [0.25, 0.3) is 0 Å². The average Bonchev–Trinajstić information content (AvgIpc) is 3.33. The monoisotopic (exact) mass is 359 g/mol. The fourth-order valence-corrected chi connectivity index (χ4v) is 3.77. The third-order valence-corrected chi connectivity index (χ3v) is 5.11. The quantitative estimate of drug-likeness (QED) is 0.440. The number of hydrogen-bond donors (Lipinski definition) is 1. The number of hydrogen-bond acceptors (Lipinski definition) is 3. The van der Waals surface area contributed by atoms with Crippen molar-refractivity contribution in [3.05, 3.63) is 35.9 Å². The molecule has 0 bridgehead atoms. The Morgan fingerprint density at radius 1 is 1.31 bits per heavy atom. The summed E-state index contributed by atoms with van der Waals surface area (Å²) in [7, 11) is 0. The largest absolute Gasteiger partial charge is 0.377 e. The topological polar surface area (TPSA) is 46.1 Å². The molecule has 0 radical (unpaired) electrons. The zero-order chi connectivity index (χ0) is 18.0. The Morgan fingerprint density at radius 3 is 2.96 bits per heavy atom. The molecule has 2 unspecified atom stereocenters. The highest BCUT2D eigenvalue weighted by molar-refractivity contribution is 5.80. The van der Waals surface area contributed by atoms with E-state index < -0.39 is 0 Å². The Balaban J connectivity index is 1.41. The van der Waals surface area contributed by atoms with E-state index in [1.54, 1.807) is 0 Å². The van der Waals surface area contributed by atoms with Gasteiger partial charge in [0.25, 0.3) is 0 Å². The predicted molar refractivity (Wildman–Crippen MR) is 106 cm³/mol. The fourth-order valence-electron chi connectivity index (χ4n) is 3.77. The van der Waals surface area contributed by atoms with Gasteiger partial charge < -0.3 is 19.7 Å². The molecule has 0 amide bonds. The molecule has 1 N–H and O–H groups in total. The molecule has 2 fully saturated rings. The van der Waals surface area contributed by atoms with Gasteiger partial charge in [-0.2, -0.15) is 0 Å². The first-order valence-electron chi connectivity index (χ1n) is 10.1. The molecule has 0 spiro atoms. The minimum atomic E-state index is 0.296. The first kappa shape index (κ1) is 19.2. The number of benzene rings is 1. The minimum absolute atomic E-state index is 0.296. The molecule has 2 aliphatic heterocycles. The molecule has 144 valence electrons. The molecule has 2 aliphatic rings. The Bertz CT molecular complexity index is 543. The molecule has 2 heterocycles. The lowest BCUT2D eigenvalue weighted by Gasteiger charge is -2.22. The van der Waals surface area contributed by atoms with Crippen LogP contribution < -0.4 is 5.32 Å². The van der Waals surface area contributed by atoms with Crippen LogP contribution in [0.5, 0.6) is 0 Å². The molecule has 26 heavy (non-hydrogen) atoms. The van der Waals surface area contributed by atoms with Gasteiger partial charge in [0.1, 0.15) is 0 Å². The first-order chi connectivity index (χ1) is 12.8. The van der Waals surface area contributed by atoms with E-state index in [1.165, 1.54) is 12.0 Å². The number of ether oxygens (including phenoxy) is 2. The summed E-state index contributed by atoms with van der Waals surface area (Å²) < 4.78 is 11.3.